The van der Waals surface area contributed by atoms with E-state index in [9.17, 15) is 0 Å². The zero-order valence-corrected chi connectivity index (χ0v) is 13.9. The molecule has 2 aromatic carbocycles. The third-order valence-corrected chi connectivity index (χ3v) is 4.74. The van der Waals surface area contributed by atoms with E-state index in [0.29, 0.717) is 0 Å². The second-order valence-corrected chi connectivity index (χ2v) is 6.83. The monoisotopic (exact) mass is 296 g/mol. The van der Waals surface area contributed by atoms with Gasteiger partial charge in [0, 0.05) is 11.1 Å². The number of benzene rings is 2. The lowest BCUT2D eigenvalue weighted by Crippen LogP contribution is -3.27. The molecule has 1 aliphatic heterocycles. The molecule has 0 aliphatic carbocycles. The SMILES string of the molecule is Cc1cccc(C[NH+]2CC[NH+](Cc3cccc(C)c3)CC2)c1. The van der Waals surface area contributed by atoms with Crippen LogP contribution < -0.4 is 9.80 Å². The first-order valence-electron chi connectivity index (χ1n) is 8.47. The maximum atomic E-state index is 2.33. The summed E-state index contributed by atoms with van der Waals surface area (Å²) in [5, 5.41) is 0. The molecular formula is C20H28N2+2. The molecule has 1 saturated heterocycles. The van der Waals surface area contributed by atoms with Crippen LogP contribution in [0.5, 0.6) is 0 Å². The Labute approximate surface area is 134 Å². The molecule has 0 spiro atoms. The molecule has 1 aliphatic rings. The number of hydrogen-bond acceptors (Lipinski definition) is 0. The number of piperazine rings is 1. The van der Waals surface area contributed by atoms with E-state index < -0.39 is 0 Å². The molecule has 0 saturated carbocycles. The lowest BCUT2D eigenvalue weighted by Gasteiger charge is -2.30. The van der Waals surface area contributed by atoms with Crippen molar-refractivity contribution in [3.63, 3.8) is 0 Å². The zero-order chi connectivity index (χ0) is 15.4. The molecule has 1 heterocycles. The van der Waals surface area contributed by atoms with Gasteiger partial charge in [0.25, 0.3) is 0 Å². The standard InChI is InChI=1S/C20H26N2/c1-17-5-3-7-19(13-17)15-21-9-11-22(12-10-21)16-20-8-4-6-18(2)14-20/h3-8,13-14H,9-12,15-16H2,1-2H3/p+2. The summed E-state index contributed by atoms with van der Waals surface area (Å²) in [6.45, 7) is 11.9. The summed E-state index contributed by atoms with van der Waals surface area (Å²) >= 11 is 0. The minimum atomic E-state index is 1.18. The van der Waals surface area contributed by atoms with Gasteiger partial charge in [-0.3, -0.25) is 0 Å². The molecular weight excluding hydrogens is 268 g/mol. The third-order valence-electron chi connectivity index (χ3n) is 4.74. The fourth-order valence-electron chi connectivity index (χ4n) is 3.53. The molecule has 0 radical (unpaired) electrons. The Hall–Kier alpha value is -1.64. The van der Waals surface area contributed by atoms with Crippen molar-refractivity contribution in [2.45, 2.75) is 26.9 Å². The summed E-state index contributed by atoms with van der Waals surface area (Å²) in [5.41, 5.74) is 5.72. The summed E-state index contributed by atoms with van der Waals surface area (Å²) in [4.78, 5) is 3.47. The highest BCUT2D eigenvalue weighted by Crippen LogP contribution is 2.03. The van der Waals surface area contributed by atoms with Crippen LogP contribution in [0.2, 0.25) is 0 Å². The molecule has 2 aromatic rings. The fraction of sp³-hybridized carbons (Fsp3) is 0.400. The smallest absolute Gasteiger partial charge is 0.127 e. The van der Waals surface area contributed by atoms with Crippen LogP contribution >= 0.6 is 0 Å². The number of nitrogens with one attached hydrogen (secondary N) is 2. The first-order chi connectivity index (χ1) is 10.7. The van der Waals surface area contributed by atoms with Crippen molar-refractivity contribution in [1.29, 1.82) is 0 Å². The minimum Gasteiger partial charge on any atom is -0.322 e. The Morgan fingerprint density at radius 1 is 0.682 bits per heavy atom. The van der Waals surface area contributed by atoms with Gasteiger partial charge in [0.2, 0.25) is 0 Å². The van der Waals surface area contributed by atoms with E-state index in [0.717, 1.165) is 0 Å². The largest absolute Gasteiger partial charge is 0.322 e. The van der Waals surface area contributed by atoms with Crippen LogP contribution in [0.3, 0.4) is 0 Å². The molecule has 2 nitrogen and oxygen atoms in total. The van der Waals surface area contributed by atoms with E-state index in [1.54, 1.807) is 9.80 Å². The second-order valence-electron chi connectivity index (χ2n) is 6.83. The average Bonchev–Trinajstić information content (AvgIpc) is 2.49. The van der Waals surface area contributed by atoms with Gasteiger partial charge in [-0.15, -0.1) is 0 Å². The van der Waals surface area contributed by atoms with Crippen molar-refractivity contribution in [2.75, 3.05) is 26.2 Å². The number of hydrogen-bond donors (Lipinski definition) is 2. The molecule has 0 atom stereocenters. The predicted octanol–water partition coefficient (Wildman–Crippen LogP) is 0.787. The van der Waals surface area contributed by atoms with Crippen molar-refractivity contribution in [3.8, 4) is 0 Å². The van der Waals surface area contributed by atoms with Crippen molar-refractivity contribution in [2.24, 2.45) is 0 Å². The molecule has 0 unspecified atom stereocenters. The first-order valence-corrected chi connectivity index (χ1v) is 8.47. The van der Waals surface area contributed by atoms with Gasteiger partial charge in [0.15, 0.2) is 0 Å². The van der Waals surface area contributed by atoms with E-state index in [4.69, 9.17) is 0 Å². The molecule has 0 amide bonds. The van der Waals surface area contributed by atoms with Gasteiger partial charge in [0.1, 0.15) is 39.3 Å². The van der Waals surface area contributed by atoms with Crippen LogP contribution in [0.4, 0.5) is 0 Å². The quantitative estimate of drug-likeness (QED) is 0.825. The summed E-state index contributed by atoms with van der Waals surface area (Å²) in [6.07, 6.45) is 0. The molecule has 2 N–H and O–H groups in total. The highest BCUT2D eigenvalue weighted by molar-refractivity contribution is 5.22. The maximum Gasteiger partial charge on any atom is 0.127 e. The van der Waals surface area contributed by atoms with Crippen LogP contribution in [-0.4, -0.2) is 26.2 Å². The first kappa shape index (κ1) is 15.3. The van der Waals surface area contributed by atoms with E-state index in [1.165, 1.54) is 61.5 Å². The fourth-order valence-corrected chi connectivity index (χ4v) is 3.53. The predicted molar refractivity (Wildman–Crippen MR) is 91.2 cm³/mol. The van der Waals surface area contributed by atoms with E-state index in [-0.39, 0.29) is 0 Å². The zero-order valence-electron chi connectivity index (χ0n) is 13.9. The van der Waals surface area contributed by atoms with Gasteiger partial charge in [-0.05, 0) is 13.8 Å². The Bertz CT molecular complexity index is 557. The summed E-state index contributed by atoms with van der Waals surface area (Å²) < 4.78 is 0. The van der Waals surface area contributed by atoms with Gasteiger partial charge in [-0.25, -0.2) is 0 Å². The molecule has 22 heavy (non-hydrogen) atoms. The third kappa shape index (κ3) is 4.19. The number of quaternary nitrogens is 2. The van der Waals surface area contributed by atoms with Crippen LogP contribution in [-0.2, 0) is 13.1 Å². The second kappa shape index (κ2) is 7.08. The normalized spacial score (nSPS) is 21.7. The topological polar surface area (TPSA) is 8.88 Å². The summed E-state index contributed by atoms with van der Waals surface area (Å²) in [7, 11) is 0. The molecule has 3 rings (SSSR count). The van der Waals surface area contributed by atoms with Crippen molar-refractivity contribution < 1.29 is 9.80 Å². The van der Waals surface area contributed by atoms with Gasteiger partial charge in [-0.2, -0.15) is 0 Å². The van der Waals surface area contributed by atoms with Crippen LogP contribution in [0, 0.1) is 13.8 Å². The highest BCUT2D eigenvalue weighted by atomic mass is 15.3. The van der Waals surface area contributed by atoms with E-state index in [2.05, 4.69) is 62.4 Å². The van der Waals surface area contributed by atoms with Gasteiger partial charge >= 0.3 is 0 Å². The number of rotatable bonds is 4. The lowest BCUT2D eigenvalue weighted by molar-refractivity contribution is -1.02. The Morgan fingerprint density at radius 2 is 1.09 bits per heavy atom. The van der Waals surface area contributed by atoms with E-state index >= 15 is 0 Å². The van der Waals surface area contributed by atoms with Crippen LogP contribution in [0.15, 0.2) is 48.5 Å². The minimum absolute atomic E-state index is 1.18. The van der Waals surface area contributed by atoms with Crippen molar-refractivity contribution in [1.82, 2.24) is 0 Å². The summed E-state index contributed by atoms with van der Waals surface area (Å²) in [5.74, 6) is 0. The molecule has 2 heteroatoms. The summed E-state index contributed by atoms with van der Waals surface area (Å²) in [6, 6.07) is 17.9. The molecule has 1 fully saturated rings. The average molecular weight is 296 g/mol. The lowest BCUT2D eigenvalue weighted by atomic mass is 10.1. The molecule has 0 bridgehead atoms. The Kier molecular flexibility index (Phi) is 4.91. The van der Waals surface area contributed by atoms with Gasteiger partial charge in [-0.1, -0.05) is 59.7 Å². The van der Waals surface area contributed by atoms with Gasteiger partial charge < -0.3 is 9.80 Å². The van der Waals surface area contributed by atoms with Gasteiger partial charge in [0.05, 0.1) is 0 Å². The maximum absolute atomic E-state index is 2.33. The van der Waals surface area contributed by atoms with Crippen molar-refractivity contribution in [3.05, 3.63) is 70.8 Å². The highest BCUT2D eigenvalue weighted by Gasteiger charge is 2.23. The van der Waals surface area contributed by atoms with Crippen LogP contribution in [0.1, 0.15) is 22.3 Å². The number of aryl methyl sites for hydroxylation is 2. The Balaban J connectivity index is 1.50. The molecule has 116 valence electrons. The molecule has 0 aromatic heterocycles. The van der Waals surface area contributed by atoms with Crippen molar-refractivity contribution >= 4 is 0 Å². The van der Waals surface area contributed by atoms with E-state index in [1.807, 2.05) is 0 Å². The Morgan fingerprint density at radius 3 is 1.45 bits per heavy atom. The van der Waals surface area contributed by atoms with Crippen LogP contribution in [0.25, 0.3) is 0 Å².